The van der Waals surface area contributed by atoms with Crippen LogP contribution in [-0.4, -0.2) is 16.7 Å². The Balaban J connectivity index is 2.08. The molecule has 2 aromatic rings. The molecule has 23 heavy (non-hydrogen) atoms. The Kier molecular flexibility index (Phi) is 4.60. The minimum Gasteiger partial charge on any atom is -0.267 e. The van der Waals surface area contributed by atoms with E-state index in [9.17, 15) is 28.5 Å². The zero-order chi connectivity index (χ0) is 17.0. The van der Waals surface area contributed by atoms with E-state index in [1.807, 2.05) is 10.9 Å². The van der Waals surface area contributed by atoms with E-state index >= 15 is 0 Å². The average Bonchev–Trinajstić information content (AvgIpc) is 2.52. The molecule has 7 nitrogen and oxygen atoms in total. The van der Waals surface area contributed by atoms with Crippen LogP contribution in [0.25, 0.3) is 0 Å². The highest BCUT2D eigenvalue weighted by atomic mass is 19.1. The van der Waals surface area contributed by atoms with Gasteiger partial charge >= 0.3 is 5.69 Å². The van der Waals surface area contributed by atoms with Crippen molar-refractivity contribution in [2.24, 2.45) is 0 Å². The van der Waals surface area contributed by atoms with Crippen LogP contribution in [0, 0.1) is 21.7 Å². The summed E-state index contributed by atoms with van der Waals surface area (Å²) in [5, 5.41) is 10.6. The number of nitrogens with one attached hydrogen (secondary N) is 2. The number of nitro benzene ring substituents is 1. The van der Waals surface area contributed by atoms with Crippen molar-refractivity contribution in [2.45, 2.75) is 0 Å². The Morgan fingerprint density at radius 3 is 2.26 bits per heavy atom. The van der Waals surface area contributed by atoms with Gasteiger partial charge in [0.2, 0.25) is 5.82 Å². The summed E-state index contributed by atoms with van der Waals surface area (Å²) in [6.07, 6.45) is 0. The van der Waals surface area contributed by atoms with Gasteiger partial charge in [0.15, 0.2) is 0 Å². The van der Waals surface area contributed by atoms with Crippen molar-refractivity contribution in [1.29, 1.82) is 0 Å². The first-order chi connectivity index (χ1) is 10.9. The molecule has 0 aliphatic carbocycles. The van der Waals surface area contributed by atoms with Crippen LogP contribution in [0.4, 0.5) is 14.5 Å². The summed E-state index contributed by atoms with van der Waals surface area (Å²) in [6, 6.07) is 7.59. The number of rotatable bonds is 3. The van der Waals surface area contributed by atoms with E-state index < -0.39 is 34.1 Å². The summed E-state index contributed by atoms with van der Waals surface area (Å²) in [5.41, 5.74) is 2.51. The molecule has 0 saturated heterocycles. The Hall–Kier alpha value is -3.36. The van der Waals surface area contributed by atoms with Crippen molar-refractivity contribution in [3.63, 3.8) is 0 Å². The largest absolute Gasteiger partial charge is 0.305 e. The van der Waals surface area contributed by atoms with Crippen LogP contribution in [0.3, 0.4) is 0 Å². The Labute approximate surface area is 128 Å². The number of carbonyl (C=O) groups is 2. The quantitative estimate of drug-likeness (QED) is 0.666. The van der Waals surface area contributed by atoms with Gasteiger partial charge in [-0.25, -0.2) is 4.39 Å². The van der Waals surface area contributed by atoms with E-state index in [-0.39, 0.29) is 11.1 Å². The zero-order valence-electron chi connectivity index (χ0n) is 11.4. The molecule has 2 rings (SSSR count). The molecule has 0 aliphatic heterocycles. The SMILES string of the molecule is O=C(NNC(=O)c1ccccc1F)c1ccc(F)c([N+](=O)[O-])c1. The van der Waals surface area contributed by atoms with Crippen LogP contribution in [-0.2, 0) is 0 Å². The van der Waals surface area contributed by atoms with Crippen molar-refractivity contribution in [3.8, 4) is 0 Å². The molecule has 0 fully saturated rings. The molecule has 2 aromatic carbocycles. The van der Waals surface area contributed by atoms with E-state index in [1.54, 1.807) is 0 Å². The van der Waals surface area contributed by atoms with Gasteiger partial charge in [-0.3, -0.25) is 30.6 Å². The van der Waals surface area contributed by atoms with Crippen LogP contribution in [0.1, 0.15) is 20.7 Å². The molecule has 118 valence electrons. The molecule has 0 spiro atoms. The molecule has 0 aromatic heterocycles. The predicted molar refractivity (Wildman–Crippen MR) is 74.4 cm³/mol. The molecular formula is C14H9F2N3O4. The van der Waals surface area contributed by atoms with Gasteiger partial charge in [-0.15, -0.1) is 0 Å². The highest BCUT2D eigenvalue weighted by molar-refractivity contribution is 5.99. The lowest BCUT2D eigenvalue weighted by atomic mass is 10.2. The van der Waals surface area contributed by atoms with Crippen LogP contribution in [0.2, 0.25) is 0 Å². The Bertz CT molecular complexity index is 795. The predicted octanol–water partition coefficient (Wildman–Crippen LogP) is 1.95. The number of halogens is 2. The summed E-state index contributed by atoms with van der Waals surface area (Å²) in [5.74, 6) is -3.70. The van der Waals surface area contributed by atoms with Gasteiger partial charge in [-0.2, -0.15) is 4.39 Å². The number of hydrogen-bond acceptors (Lipinski definition) is 4. The number of nitro groups is 1. The summed E-state index contributed by atoms with van der Waals surface area (Å²) in [6.45, 7) is 0. The number of hydrazine groups is 1. The molecule has 0 radical (unpaired) electrons. The van der Waals surface area contributed by atoms with Gasteiger partial charge in [0.25, 0.3) is 11.8 Å². The molecule has 2 N–H and O–H groups in total. The van der Waals surface area contributed by atoms with Crippen molar-refractivity contribution in [3.05, 3.63) is 75.3 Å². The second kappa shape index (κ2) is 6.60. The summed E-state index contributed by atoms with van der Waals surface area (Å²) >= 11 is 0. The minimum atomic E-state index is -1.10. The van der Waals surface area contributed by atoms with Crippen LogP contribution < -0.4 is 10.9 Å². The molecule has 0 bridgehead atoms. The Morgan fingerprint density at radius 2 is 1.61 bits per heavy atom. The molecule has 0 atom stereocenters. The minimum absolute atomic E-state index is 0.244. The van der Waals surface area contributed by atoms with Gasteiger partial charge in [-0.1, -0.05) is 12.1 Å². The van der Waals surface area contributed by atoms with Crippen molar-refractivity contribution in [1.82, 2.24) is 10.9 Å². The fourth-order valence-electron chi connectivity index (χ4n) is 1.69. The van der Waals surface area contributed by atoms with E-state index in [0.29, 0.717) is 0 Å². The summed E-state index contributed by atoms with van der Waals surface area (Å²) in [7, 11) is 0. The number of hydrogen-bond donors (Lipinski definition) is 2. The molecule has 0 saturated carbocycles. The first-order valence-electron chi connectivity index (χ1n) is 6.19. The lowest BCUT2D eigenvalue weighted by Gasteiger charge is -2.08. The maximum atomic E-state index is 13.4. The molecular weight excluding hydrogens is 312 g/mol. The molecule has 0 aliphatic rings. The van der Waals surface area contributed by atoms with Crippen molar-refractivity contribution >= 4 is 17.5 Å². The average molecular weight is 321 g/mol. The van der Waals surface area contributed by atoms with Gasteiger partial charge < -0.3 is 0 Å². The third kappa shape index (κ3) is 3.64. The highest BCUT2D eigenvalue weighted by Gasteiger charge is 2.18. The Morgan fingerprint density at radius 1 is 0.957 bits per heavy atom. The number of amides is 2. The van der Waals surface area contributed by atoms with Crippen LogP contribution in [0.15, 0.2) is 42.5 Å². The molecule has 0 heterocycles. The fraction of sp³-hybridized carbons (Fsp3) is 0. The summed E-state index contributed by atoms with van der Waals surface area (Å²) in [4.78, 5) is 33.1. The molecule has 2 amide bonds. The monoisotopic (exact) mass is 321 g/mol. The fourth-order valence-corrected chi connectivity index (χ4v) is 1.69. The number of nitrogens with zero attached hydrogens (tertiary/aromatic N) is 1. The normalized spacial score (nSPS) is 10.0. The molecule has 9 heteroatoms. The van der Waals surface area contributed by atoms with E-state index in [2.05, 4.69) is 0 Å². The first kappa shape index (κ1) is 16.0. The second-order valence-electron chi connectivity index (χ2n) is 4.31. The second-order valence-corrected chi connectivity index (χ2v) is 4.31. The van der Waals surface area contributed by atoms with Gasteiger partial charge in [-0.05, 0) is 24.3 Å². The van der Waals surface area contributed by atoms with E-state index in [0.717, 1.165) is 24.3 Å². The maximum Gasteiger partial charge on any atom is 0.305 e. The number of benzene rings is 2. The smallest absolute Gasteiger partial charge is 0.267 e. The van der Waals surface area contributed by atoms with Crippen molar-refractivity contribution in [2.75, 3.05) is 0 Å². The van der Waals surface area contributed by atoms with Gasteiger partial charge in [0.1, 0.15) is 5.82 Å². The van der Waals surface area contributed by atoms with Gasteiger partial charge in [0.05, 0.1) is 10.5 Å². The highest BCUT2D eigenvalue weighted by Crippen LogP contribution is 2.18. The van der Waals surface area contributed by atoms with Crippen LogP contribution in [0.5, 0.6) is 0 Å². The van der Waals surface area contributed by atoms with E-state index in [4.69, 9.17) is 0 Å². The zero-order valence-corrected chi connectivity index (χ0v) is 11.4. The lowest BCUT2D eigenvalue weighted by Crippen LogP contribution is -2.42. The standard InChI is InChI=1S/C14H9F2N3O4/c15-10-4-2-1-3-9(10)14(21)18-17-13(20)8-5-6-11(16)12(7-8)19(22)23/h1-7H,(H,17,20)(H,18,21). The van der Waals surface area contributed by atoms with E-state index in [1.165, 1.54) is 18.2 Å². The van der Waals surface area contributed by atoms with Crippen molar-refractivity contribution < 1.29 is 23.3 Å². The van der Waals surface area contributed by atoms with Crippen LogP contribution >= 0.6 is 0 Å². The third-order valence-electron chi connectivity index (χ3n) is 2.81. The molecule has 0 unspecified atom stereocenters. The van der Waals surface area contributed by atoms with Gasteiger partial charge in [0, 0.05) is 11.6 Å². The topological polar surface area (TPSA) is 101 Å². The third-order valence-corrected chi connectivity index (χ3v) is 2.81. The first-order valence-corrected chi connectivity index (χ1v) is 6.19. The summed E-state index contributed by atoms with van der Waals surface area (Å²) < 4.78 is 26.6. The number of carbonyl (C=O) groups excluding carboxylic acids is 2. The lowest BCUT2D eigenvalue weighted by molar-refractivity contribution is -0.387. The maximum absolute atomic E-state index is 13.4.